The maximum Gasteiger partial charge on any atom is 0.325 e. The van der Waals surface area contributed by atoms with Crippen LogP contribution in [-0.2, 0) is 15.1 Å². The minimum Gasteiger partial charge on any atom is -0.497 e. The molecule has 4 amide bonds. The van der Waals surface area contributed by atoms with E-state index in [-0.39, 0.29) is 0 Å². The number of benzene rings is 2. The van der Waals surface area contributed by atoms with Crippen molar-refractivity contribution in [2.24, 2.45) is 0 Å². The number of rotatable bonds is 6. The quantitative estimate of drug-likeness (QED) is 0.658. The Labute approximate surface area is 184 Å². The highest BCUT2D eigenvalue weighted by Gasteiger charge is 2.49. The molecule has 2 aromatic rings. The van der Waals surface area contributed by atoms with Gasteiger partial charge in [0.15, 0.2) is 0 Å². The van der Waals surface area contributed by atoms with E-state index in [9.17, 15) is 14.4 Å². The topological polar surface area (TPSA) is 87.7 Å². The Morgan fingerprint density at radius 2 is 1.93 bits per heavy atom. The van der Waals surface area contributed by atoms with Crippen LogP contribution in [0, 0.1) is 0 Å². The number of carbonyl (C=O) groups is 3. The molecule has 1 aliphatic rings. The van der Waals surface area contributed by atoms with Crippen LogP contribution in [0.2, 0.25) is 10.0 Å². The first-order valence-electron chi connectivity index (χ1n) is 9.18. The molecule has 3 rings (SSSR count). The van der Waals surface area contributed by atoms with E-state index in [1.807, 2.05) is 0 Å². The van der Waals surface area contributed by atoms with Crippen LogP contribution in [0.1, 0.15) is 31.0 Å². The van der Waals surface area contributed by atoms with Crippen LogP contribution in [0.15, 0.2) is 42.5 Å². The van der Waals surface area contributed by atoms with Crippen molar-refractivity contribution in [2.75, 3.05) is 13.7 Å². The number of hydrogen-bond acceptors (Lipinski definition) is 4. The fourth-order valence-corrected chi connectivity index (χ4v) is 3.57. The number of ether oxygens (including phenoxy) is 1. The van der Waals surface area contributed by atoms with Crippen molar-refractivity contribution < 1.29 is 19.1 Å². The summed E-state index contributed by atoms with van der Waals surface area (Å²) >= 11 is 11.9. The molecular formula is C21H21Cl2N3O4. The molecule has 0 saturated carbocycles. The number of hydrogen-bond donors (Lipinski definition) is 2. The van der Waals surface area contributed by atoms with Crippen molar-refractivity contribution in [3.63, 3.8) is 0 Å². The second-order valence-electron chi connectivity index (χ2n) is 7.14. The van der Waals surface area contributed by atoms with Crippen LogP contribution < -0.4 is 15.4 Å². The summed E-state index contributed by atoms with van der Waals surface area (Å²) in [5, 5.41) is 6.22. The molecule has 0 radical (unpaired) electrons. The average Bonchev–Trinajstić information content (AvgIpc) is 2.94. The Balaban J connectivity index is 1.71. The molecule has 30 heavy (non-hydrogen) atoms. The summed E-state index contributed by atoms with van der Waals surface area (Å²) in [6.07, 6.45) is 0. The Kier molecular flexibility index (Phi) is 6.24. The smallest absolute Gasteiger partial charge is 0.325 e. The zero-order valence-corrected chi connectivity index (χ0v) is 18.2. The van der Waals surface area contributed by atoms with Crippen LogP contribution in [0.4, 0.5) is 4.79 Å². The molecule has 0 spiro atoms. The van der Waals surface area contributed by atoms with Gasteiger partial charge in [0.1, 0.15) is 17.8 Å². The summed E-state index contributed by atoms with van der Waals surface area (Å²) in [6, 6.07) is 10.9. The third-order valence-electron chi connectivity index (χ3n) is 5.04. The van der Waals surface area contributed by atoms with Crippen molar-refractivity contribution in [3.8, 4) is 5.75 Å². The van der Waals surface area contributed by atoms with Gasteiger partial charge in [-0.05, 0) is 49.2 Å². The lowest BCUT2D eigenvalue weighted by molar-refractivity contribution is -0.135. The number of nitrogens with zero attached hydrogens (tertiary/aromatic N) is 1. The SMILES string of the molecule is COc1cccc([C@@]2(C)NC(=O)N(CC(=O)N[C@@H](C)c3ccc(Cl)c(Cl)c3)C2=O)c1. The van der Waals surface area contributed by atoms with E-state index in [1.165, 1.54) is 7.11 Å². The van der Waals surface area contributed by atoms with Crippen molar-refractivity contribution in [1.29, 1.82) is 0 Å². The number of methoxy groups -OCH3 is 1. The van der Waals surface area contributed by atoms with E-state index >= 15 is 0 Å². The molecule has 2 aromatic carbocycles. The highest BCUT2D eigenvalue weighted by atomic mass is 35.5. The minimum absolute atomic E-state index is 0.374. The molecule has 0 aromatic heterocycles. The van der Waals surface area contributed by atoms with Gasteiger partial charge in [-0.1, -0.05) is 41.4 Å². The summed E-state index contributed by atoms with van der Waals surface area (Å²) in [5.41, 5.74) is 0.0183. The van der Waals surface area contributed by atoms with Gasteiger partial charge in [-0.3, -0.25) is 14.5 Å². The van der Waals surface area contributed by atoms with E-state index < -0.39 is 36.0 Å². The van der Waals surface area contributed by atoms with Crippen molar-refractivity contribution in [2.45, 2.75) is 25.4 Å². The van der Waals surface area contributed by atoms with Gasteiger partial charge in [-0.2, -0.15) is 0 Å². The molecule has 0 unspecified atom stereocenters. The zero-order valence-electron chi connectivity index (χ0n) is 16.7. The average molecular weight is 450 g/mol. The van der Waals surface area contributed by atoms with Crippen molar-refractivity contribution in [3.05, 3.63) is 63.6 Å². The molecule has 2 atom stereocenters. The highest BCUT2D eigenvalue weighted by Crippen LogP contribution is 2.31. The Hall–Kier alpha value is -2.77. The molecule has 1 heterocycles. The van der Waals surface area contributed by atoms with Crippen LogP contribution in [0.25, 0.3) is 0 Å². The molecule has 0 aliphatic carbocycles. The Morgan fingerprint density at radius 1 is 1.20 bits per heavy atom. The van der Waals surface area contributed by atoms with Crippen LogP contribution in [0.3, 0.4) is 0 Å². The lowest BCUT2D eigenvalue weighted by Gasteiger charge is -2.23. The molecule has 0 bridgehead atoms. The largest absolute Gasteiger partial charge is 0.497 e. The van der Waals surface area contributed by atoms with Crippen molar-refractivity contribution >= 4 is 41.0 Å². The Bertz CT molecular complexity index is 1010. The molecule has 158 valence electrons. The molecule has 1 fully saturated rings. The number of carbonyl (C=O) groups excluding carboxylic acids is 3. The maximum atomic E-state index is 13.0. The standard InChI is InChI=1S/C21H21Cl2N3O4/c1-12(13-7-8-16(22)17(23)9-13)24-18(27)11-26-19(28)21(2,25-20(26)29)14-5-4-6-15(10-14)30-3/h4-10,12H,11H2,1-3H3,(H,24,27)(H,25,29)/t12-,21+/m0/s1. The van der Waals surface area contributed by atoms with Crippen molar-refractivity contribution in [1.82, 2.24) is 15.5 Å². The molecule has 9 heteroatoms. The van der Waals surface area contributed by atoms with Crippen LogP contribution in [0.5, 0.6) is 5.75 Å². The lowest BCUT2D eigenvalue weighted by Crippen LogP contribution is -2.43. The number of urea groups is 1. The molecule has 1 saturated heterocycles. The normalized spacial score (nSPS) is 19.4. The molecule has 1 aliphatic heterocycles. The summed E-state index contributed by atoms with van der Waals surface area (Å²) in [7, 11) is 1.52. The van der Waals surface area contributed by atoms with Gasteiger partial charge in [-0.25, -0.2) is 4.79 Å². The second kappa shape index (κ2) is 8.53. The summed E-state index contributed by atoms with van der Waals surface area (Å²) in [5.74, 6) is -0.438. The summed E-state index contributed by atoms with van der Waals surface area (Å²) in [4.78, 5) is 38.9. The highest BCUT2D eigenvalue weighted by molar-refractivity contribution is 6.42. The molecule has 2 N–H and O–H groups in total. The van der Waals surface area contributed by atoms with E-state index in [0.717, 1.165) is 10.5 Å². The number of amides is 4. The van der Waals surface area contributed by atoms with Gasteiger partial charge in [-0.15, -0.1) is 0 Å². The first-order chi connectivity index (χ1) is 14.2. The monoisotopic (exact) mass is 449 g/mol. The molecular weight excluding hydrogens is 429 g/mol. The zero-order chi connectivity index (χ0) is 22.1. The van der Waals surface area contributed by atoms with E-state index in [1.54, 1.807) is 56.3 Å². The third-order valence-corrected chi connectivity index (χ3v) is 5.78. The predicted octanol–water partition coefficient (Wildman–Crippen LogP) is 3.65. The fraction of sp³-hybridized carbons (Fsp3) is 0.286. The van der Waals surface area contributed by atoms with Gasteiger partial charge in [0, 0.05) is 0 Å². The summed E-state index contributed by atoms with van der Waals surface area (Å²) < 4.78 is 5.20. The number of imide groups is 1. The molecule has 7 nitrogen and oxygen atoms in total. The first-order valence-corrected chi connectivity index (χ1v) is 9.94. The van der Waals surface area contributed by atoms with Crippen LogP contribution >= 0.6 is 23.2 Å². The van der Waals surface area contributed by atoms with Gasteiger partial charge >= 0.3 is 6.03 Å². The van der Waals surface area contributed by atoms with E-state index in [0.29, 0.717) is 21.4 Å². The predicted molar refractivity (Wildman–Crippen MR) is 114 cm³/mol. The van der Waals surface area contributed by atoms with E-state index in [2.05, 4.69) is 10.6 Å². The second-order valence-corrected chi connectivity index (χ2v) is 7.96. The van der Waals surface area contributed by atoms with Gasteiger partial charge in [0.05, 0.1) is 23.2 Å². The fourth-order valence-electron chi connectivity index (χ4n) is 3.27. The lowest BCUT2D eigenvalue weighted by atomic mass is 9.92. The third kappa shape index (κ3) is 4.22. The van der Waals surface area contributed by atoms with Crippen LogP contribution in [-0.4, -0.2) is 36.4 Å². The van der Waals surface area contributed by atoms with Gasteiger partial charge in [0.2, 0.25) is 5.91 Å². The van der Waals surface area contributed by atoms with E-state index in [4.69, 9.17) is 27.9 Å². The maximum absolute atomic E-state index is 13.0. The number of nitrogens with one attached hydrogen (secondary N) is 2. The van der Waals surface area contributed by atoms with Gasteiger partial charge in [0.25, 0.3) is 5.91 Å². The Morgan fingerprint density at radius 3 is 2.60 bits per heavy atom. The minimum atomic E-state index is -1.29. The number of halogens is 2. The van der Waals surface area contributed by atoms with Gasteiger partial charge < -0.3 is 15.4 Å². The summed E-state index contributed by atoms with van der Waals surface area (Å²) in [6.45, 7) is 2.96. The first kappa shape index (κ1) is 21.9.